The van der Waals surface area contributed by atoms with Crippen LogP contribution in [0.2, 0.25) is 0 Å². The van der Waals surface area contributed by atoms with Crippen LogP contribution in [0, 0.1) is 16.0 Å². The van der Waals surface area contributed by atoms with E-state index in [2.05, 4.69) is 16.3 Å². The predicted molar refractivity (Wildman–Crippen MR) is 92.1 cm³/mol. The number of benzene rings is 1. The Bertz CT molecular complexity index is 491. The highest BCUT2D eigenvalue weighted by atomic mass is 35.5. The molecule has 1 aliphatic heterocycles. The molecule has 0 radical (unpaired) electrons. The highest BCUT2D eigenvalue weighted by molar-refractivity contribution is 5.85. The van der Waals surface area contributed by atoms with E-state index in [-0.39, 0.29) is 35.4 Å². The summed E-state index contributed by atoms with van der Waals surface area (Å²) in [6.45, 7) is 4.09. The zero-order valence-corrected chi connectivity index (χ0v) is 14.1. The van der Waals surface area contributed by atoms with Gasteiger partial charge in [0.25, 0.3) is 5.69 Å². The lowest BCUT2D eigenvalue weighted by Gasteiger charge is -2.43. The van der Waals surface area contributed by atoms with E-state index < -0.39 is 0 Å². The van der Waals surface area contributed by atoms with E-state index in [0.717, 1.165) is 31.7 Å². The molecule has 1 aliphatic carbocycles. The molecule has 1 atom stereocenters. The Morgan fingerprint density at radius 1 is 1.23 bits per heavy atom. The van der Waals surface area contributed by atoms with Gasteiger partial charge in [-0.15, -0.1) is 24.8 Å². The summed E-state index contributed by atoms with van der Waals surface area (Å²) >= 11 is 0. The third-order valence-electron chi connectivity index (χ3n) is 4.56. The fourth-order valence-corrected chi connectivity index (χ4v) is 3.32. The molecule has 1 saturated heterocycles. The van der Waals surface area contributed by atoms with Gasteiger partial charge in [-0.25, -0.2) is 0 Å². The lowest BCUT2D eigenvalue weighted by Crippen LogP contribution is -2.47. The summed E-state index contributed by atoms with van der Waals surface area (Å²) in [5, 5.41) is 14.4. The van der Waals surface area contributed by atoms with Crippen LogP contribution in [0.4, 0.5) is 5.69 Å². The molecule has 0 bridgehead atoms. The maximum Gasteiger partial charge on any atom is 0.269 e. The number of piperazine rings is 1. The molecule has 1 N–H and O–H groups in total. The van der Waals surface area contributed by atoms with Gasteiger partial charge in [0.1, 0.15) is 0 Å². The third-order valence-corrected chi connectivity index (χ3v) is 4.56. The minimum Gasteiger partial charge on any atom is -0.314 e. The molecule has 1 aromatic carbocycles. The molecule has 1 aromatic rings. The highest BCUT2D eigenvalue weighted by Crippen LogP contribution is 2.42. The van der Waals surface area contributed by atoms with Gasteiger partial charge < -0.3 is 5.32 Å². The second-order valence-electron chi connectivity index (χ2n) is 5.77. The van der Waals surface area contributed by atoms with Gasteiger partial charge in [-0.1, -0.05) is 18.6 Å². The maximum absolute atomic E-state index is 11.0. The van der Waals surface area contributed by atoms with E-state index in [0.29, 0.717) is 12.0 Å². The van der Waals surface area contributed by atoms with Crippen LogP contribution in [0.5, 0.6) is 0 Å². The van der Waals surface area contributed by atoms with Crippen molar-refractivity contribution in [3.05, 3.63) is 39.9 Å². The minimum atomic E-state index is -0.293. The van der Waals surface area contributed by atoms with Crippen molar-refractivity contribution in [2.45, 2.75) is 25.3 Å². The second kappa shape index (κ2) is 8.67. The molecule has 124 valence electrons. The number of hydrogen-bond donors (Lipinski definition) is 1. The largest absolute Gasteiger partial charge is 0.314 e. The summed E-state index contributed by atoms with van der Waals surface area (Å²) in [5.41, 5.74) is 1.33. The average Bonchev–Trinajstić information content (AvgIpc) is 2.43. The van der Waals surface area contributed by atoms with Gasteiger partial charge in [-0.2, -0.15) is 0 Å². The molecule has 0 spiro atoms. The molecule has 0 aromatic heterocycles. The van der Waals surface area contributed by atoms with Gasteiger partial charge in [-0.3, -0.25) is 15.0 Å². The van der Waals surface area contributed by atoms with Crippen LogP contribution in [-0.4, -0.2) is 36.0 Å². The molecule has 0 amide bonds. The lowest BCUT2D eigenvalue weighted by molar-refractivity contribution is -0.385. The molecular weight excluding hydrogens is 325 g/mol. The van der Waals surface area contributed by atoms with Gasteiger partial charge in [0.15, 0.2) is 0 Å². The average molecular weight is 348 g/mol. The molecule has 22 heavy (non-hydrogen) atoms. The zero-order chi connectivity index (χ0) is 13.9. The van der Waals surface area contributed by atoms with Crippen molar-refractivity contribution in [2.24, 2.45) is 5.92 Å². The molecule has 2 fully saturated rings. The SMILES string of the molecule is Cl.Cl.O=[N+]([O-])c1cccc([C@H](C2CCC2)N2CCNCC2)c1. The normalized spacial score (nSPS) is 20.2. The van der Waals surface area contributed by atoms with E-state index in [1.54, 1.807) is 12.1 Å². The van der Waals surface area contributed by atoms with Gasteiger partial charge in [0.2, 0.25) is 0 Å². The summed E-state index contributed by atoms with van der Waals surface area (Å²) in [7, 11) is 0. The van der Waals surface area contributed by atoms with Gasteiger partial charge in [-0.05, 0) is 24.3 Å². The topological polar surface area (TPSA) is 58.4 Å². The lowest BCUT2D eigenvalue weighted by atomic mass is 9.76. The van der Waals surface area contributed by atoms with Crippen molar-refractivity contribution < 1.29 is 4.92 Å². The number of nitrogens with zero attached hydrogens (tertiary/aromatic N) is 2. The van der Waals surface area contributed by atoms with Crippen molar-refractivity contribution in [1.29, 1.82) is 0 Å². The third kappa shape index (κ3) is 4.10. The van der Waals surface area contributed by atoms with E-state index in [9.17, 15) is 10.1 Å². The first-order valence-corrected chi connectivity index (χ1v) is 7.45. The highest BCUT2D eigenvalue weighted by Gasteiger charge is 2.34. The second-order valence-corrected chi connectivity index (χ2v) is 5.77. The Kier molecular flexibility index (Phi) is 7.56. The van der Waals surface area contributed by atoms with Crippen molar-refractivity contribution >= 4 is 30.5 Å². The van der Waals surface area contributed by atoms with Crippen LogP contribution < -0.4 is 5.32 Å². The first-order chi connectivity index (χ1) is 9.75. The molecule has 0 unspecified atom stereocenters. The summed E-state index contributed by atoms with van der Waals surface area (Å²) in [5.74, 6) is 0.662. The maximum atomic E-state index is 11.0. The van der Waals surface area contributed by atoms with Crippen LogP contribution in [0.15, 0.2) is 24.3 Å². The molecule has 1 heterocycles. The van der Waals surface area contributed by atoms with Crippen LogP contribution in [0.25, 0.3) is 0 Å². The summed E-state index contributed by atoms with van der Waals surface area (Å²) in [4.78, 5) is 13.2. The van der Waals surface area contributed by atoms with Crippen molar-refractivity contribution in [3.63, 3.8) is 0 Å². The fraction of sp³-hybridized carbons (Fsp3) is 0.600. The standard InChI is InChI=1S/C15H21N3O2.2ClH/c19-18(20)14-6-2-5-13(11-14)15(12-3-1-4-12)17-9-7-16-8-10-17;;/h2,5-6,11-12,15-16H,1,3-4,7-10H2;2*1H/t15-;;/m0../s1. The molecule has 7 heteroatoms. The summed E-state index contributed by atoms with van der Waals surface area (Å²) in [6.07, 6.45) is 3.79. The van der Waals surface area contributed by atoms with E-state index in [1.165, 1.54) is 19.3 Å². The summed E-state index contributed by atoms with van der Waals surface area (Å²) in [6, 6.07) is 7.58. The quantitative estimate of drug-likeness (QED) is 0.671. The smallest absolute Gasteiger partial charge is 0.269 e. The molecule has 5 nitrogen and oxygen atoms in total. The van der Waals surface area contributed by atoms with Gasteiger partial charge in [0.05, 0.1) is 4.92 Å². The van der Waals surface area contributed by atoms with Crippen molar-refractivity contribution in [3.8, 4) is 0 Å². The van der Waals surface area contributed by atoms with Gasteiger partial charge >= 0.3 is 0 Å². The minimum absolute atomic E-state index is 0. The Morgan fingerprint density at radius 3 is 2.45 bits per heavy atom. The van der Waals surface area contributed by atoms with Crippen LogP contribution in [0.1, 0.15) is 30.9 Å². The first kappa shape index (κ1) is 19.2. The molecule has 2 aliphatic rings. The molecular formula is C15H23Cl2N3O2. The number of nitro groups is 1. The summed E-state index contributed by atoms with van der Waals surface area (Å²) < 4.78 is 0. The monoisotopic (exact) mass is 347 g/mol. The fourth-order valence-electron chi connectivity index (χ4n) is 3.32. The zero-order valence-electron chi connectivity index (χ0n) is 12.4. The Labute approximate surface area is 143 Å². The van der Waals surface area contributed by atoms with E-state index in [1.807, 2.05) is 6.07 Å². The molecule has 3 rings (SSSR count). The Balaban J connectivity index is 0.00000121. The predicted octanol–water partition coefficient (Wildman–Crippen LogP) is 3.18. The number of hydrogen-bond acceptors (Lipinski definition) is 4. The number of nitro benzene ring substituents is 1. The van der Waals surface area contributed by atoms with E-state index >= 15 is 0 Å². The number of halogens is 2. The molecule has 1 saturated carbocycles. The first-order valence-electron chi connectivity index (χ1n) is 7.45. The number of non-ortho nitro benzene ring substituents is 1. The van der Waals surface area contributed by atoms with Crippen LogP contribution in [-0.2, 0) is 0 Å². The Hall–Kier alpha value is -0.880. The van der Waals surface area contributed by atoms with Crippen LogP contribution >= 0.6 is 24.8 Å². The number of rotatable bonds is 4. The van der Waals surface area contributed by atoms with E-state index in [4.69, 9.17) is 0 Å². The van der Waals surface area contributed by atoms with Gasteiger partial charge in [0, 0.05) is 44.4 Å². The van der Waals surface area contributed by atoms with Crippen molar-refractivity contribution in [2.75, 3.05) is 26.2 Å². The van der Waals surface area contributed by atoms with Crippen molar-refractivity contribution in [1.82, 2.24) is 10.2 Å². The number of nitrogens with one attached hydrogen (secondary N) is 1. The Morgan fingerprint density at radius 2 is 1.91 bits per heavy atom. The van der Waals surface area contributed by atoms with Crippen LogP contribution in [0.3, 0.4) is 0 Å².